The maximum absolute atomic E-state index is 12.8. The largest absolute Gasteiger partial charge is 0.463 e. The van der Waals surface area contributed by atoms with E-state index in [1.54, 1.807) is 13.8 Å². The number of nitrogens with zero attached hydrogens (tertiary/aromatic N) is 6. The van der Waals surface area contributed by atoms with E-state index in [9.17, 15) is 30.6 Å². The number of hydrogen-bond donors (Lipinski definition) is 1. The summed E-state index contributed by atoms with van der Waals surface area (Å²) >= 11 is 0. The van der Waals surface area contributed by atoms with E-state index in [1.165, 1.54) is 20.8 Å². The maximum Gasteiger partial charge on any atom is 0.302 e. The number of aliphatic hydroxyl groups excluding tert-OH is 1. The van der Waals surface area contributed by atoms with Gasteiger partial charge in [-0.1, -0.05) is 156 Å². The highest BCUT2D eigenvalue weighted by molar-refractivity contribution is 5.66. The number of carbonyl (C=O) groups excluding carboxylic acids is 3. The summed E-state index contributed by atoms with van der Waals surface area (Å²) in [7, 11) is 0. The summed E-state index contributed by atoms with van der Waals surface area (Å²) in [4.78, 5) is 44.2. The van der Waals surface area contributed by atoms with Gasteiger partial charge in [0.2, 0.25) is 0 Å². The van der Waals surface area contributed by atoms with E-state index < -0.39 is 189 Å². The molecule has 3 aromatic carbocycles. The first kappa shape index (κ1) is 80.9. The first-order chi connectivity index (χ1) is 49.5. The molecule has 30 atom stereocenters. The molecule has 568 valence electrons. The highest BCUT2D eigenvalue weighted by atomic mass is 16.8. The van der Waals surface area contributed by atoms with Gasteiger partial charge < -0.3 is 90.4 Å². The van der Waals surface area contributed by atoms with Crippen LogP contribution < -0.4 is 0 Å². The molecule has 0 bridgehead atoms. The van der Waals surface area contributed by atoms with Crippen LogP contribution in [-0.4, -0.2) is 191 Å². The first-order valence-corrected chi connectivity index (χ1v) is 36.1. The Hall–Kier alpha value is -6.21. The minimum absolute atomic E-state index is 0.0894. The van der Waals surface area contributed by atoms with Gasteiger partial charge in [0.05, 0.1) is 93.4 Å². The predicted octanol–water partition coefficient (Wildman–Crippen LogP) is 10.9. The minimum atomic E-state index is -1.30. The highest BCUT2D eigenvalue weighted by Crippen LogP contribution is 2.44. The third-order valence-electron chi connectivity index (χ3n) is 20.6. The Morgan fingerprint density at radius 1 is 0.427 bits per heavy atom. The van der Waals surface area contributed by atoms with Crippen LogP contribution in [-0.2, 0) is 119 Å². The lowest BCUT2D eigenvalue weighted by molar-refractivity contribution is -0.371. The van der Waals surface area contributed by atoms with E-state index in [0.717, 1.165) is 29.5 Å². The summed E-state index contributed by atoms with van der Waals surface area (Å²) in [6, 6.07) is 26.6. The van der Waals surface area contributed by atoms with E-state index >= 15 is 0 Å². The van der Waals surface area contributed by atoms with E-state index in [4.69, 9.17) is 85.3 Å². The maximum atomic E-state index is 12.8. The molecule has 0 amide bonds. The molecule has 28 heteroatoms. The average molecular weight is 1440 g/mol. The van der Waals surface area contributed by atoms with Gasteiger partial charge in [0.25, 0.3) is 0 Å². The highest BCUT2D eigenvalue weighted by Gasteiger charge is 2.57. The third-order valence-corrected chi connectivity index (χ3v) is 20.6. The van der Waals surface area contributed by atoms with Crippen LogP contribution in [0.3, 0.4) is 0 Å². The topological polar surface area (TPSA) is 335 Å². The lowest BCUT2D eigenvalue weighted by atomic mass is 9.84. The van der Waals surface area contributed by atoms with Gasteiger partial charge in [-0.05, 0) is 79.1 Å². The number of unbranched alkanes of at least 4 members (excludes halogenated alkanes) is 1. The number of benzene rings is 3. The van der Waals surface area contributed by atoms with Crippen molar-refractivity contribution in [2.24, 2.45) is 51.7 Å². The first-order valence-electron chi connectivity index (χ1n) is 36.1. The molecule has 3 aromatic rings. The van der Waals surface area contributed by atoms with Gasteiger partial charge in [0.1, 0.15) is 56.4 Å². The van der Waals surface area contributed by atoms with Crippen LogP contribution in [0, 0.1) is 41.4 Å². The summed E-state index contributed by atoms with van der Waals surface area (Å²) in [5.74, 6) is -5.12. The fourth-order valence-corrected chi connectivity index (χ4v) is 14.5. The number of esters is 3. The second-order valence-corrected chi connectivity index (χ2v) is 28.1. The standard InChI is InChI=1S/C75H106N6O22/c1-15-16-26-33-86-70-41(3)40(2)62(56(96-70)37-87-50(12)82)99-72-45(7)66(91-35-54-29-22-18-23-30-54)68(48(10)94-72)102-75-60(79-81-77)43(5)64(58(98-75)39-89-52(14)84)101-73-46(8)67(92-36-55-31-24-19-25-32-55)69(49(11)95-73)103-74-59(78-80-76)42(4)63(57(97-74)38-88-51(13)83)100-71-44(6)65(61(85)47(9)93-71)90-34-53-27-20-17-21-28-53/h15,17-25,27-32,40-49,56-75,85H,1,16,26,33-39H2,2-14H3/t40-,41?,42-,43-,44?,45?,46?,47?,48?,49?,56?,57?,58?,59?,60?,61-,62+,63+,64+,65+,66+,67+,68-,69-,70-,71+,72+,73+,74-,75+/m1/s1. The van der Waals surface area contributed by atoms with Crippen LogP contribution >= 0.6 is 0 Å². The van der Waals surface area contributed by atoms with Crippen molar-refractivity contribution in [3.8, 4) is 0 Å². The molecule has 1 N–H and O–H groups in total. The number of rotatable bonds is 32. The van der Waals surface area contributed by atoms with Crippen molar-refractivity contribution in [2.45, 2.75) is 264 Å². The number of allylic oxidation sites excluding steroid dienone is 1. The van der Waals surface area contributed by atoms with Crippen molar-refractivity contribution in [1.29, 1.82) is 0 Å². The Labute approximate surface area is 603 Å². The zero-order chi connectivity index (χ0) is 74.0. The molecule has 6 aliphatic heterocycles. The smallest absolute Gasteiger partial charge is 0.302 e. The van der Waals surface area contributed by atoms with E-state index in [2.05, 4.69) is 26.6 Å². The molecule has 0 aromatic heterocycles. The SMILES string of the molecule is C=CCCCO[C@@H]1OC(COC(C)=O)[C@@H](O[C@@H]2OC(C)[C@@H](O[C@@H]3OC(COC(C)=O)[C@@H](O[C@@H]4OC(C)[C@@H](O[C@H]5OC(COC(C)=O)[C@@H](O[C@@H]6OC(C)[C@@H](O)[C@@H](OCc7ccccc7)C6C)[C@H](C)C5N=[N+]=[N-])[C@@H](OCc5ccccc5)C4C)[C@H](C)C3N=[N+]=[N-])[C@@H](OCc3ccccc3)C2C)[C@H](C)C1C. The number of carbonyl (C=O) groups is 3. The third kappa shape index (κ3) is 21.1. The predicted molar refractivity (Wildman–Crippen MR) is 370 cm³/mol. The summed E-state index contributed by atoms with van der Waals surface area (Å²) in [6.07, 6.45) is -15.7. The molecule has 103 heavy (non-hydrogen) atoms. The summed E-state index contributed by atoms with van der Waals surface area (Å²) < 4.78 is 119. The fourth-order valence-electron chi connectivity index (χ4n) is 14.5. The molecule has 6 heterocycles. The van der Waals surface area contributed by atoms with Crippen LogP contribution in [0.15, 0.2) is 114 Å². The van der Waals surface area contributed by atoms with Gasteiger partial charge in [-0.2, -0.15) is 0 Å². The Kier molecular flexibility index (Phi) is 30.5. The summed E-state index contributed by atoms with van der Waals surface area (Å²) in [5.41, 5.74) is 23.3. The normalized spacial score (nSPS) is 38.2. The van der Waals surface area contributed by atoms with Gasteiger partial charge in [0.15, 0.2) is 37.7 Å². The van der Waals surface area contributed by atoms with Gasteiger partial charge in [-0.25, -0.2) is 0 Å². The van der Waals surface area contributed by atoms with Crippen molar-refractivity contribution in [3.05, 3.63) is 141 Å². The second kappa shape index (κ2) is 38.9. The van der Waals surface area contributed by atoms with Gasteiger partial charge in [-0.3, -0.25) is 14.4 Å². The molecular formula is C75H106N6O22. The van der Waals surface area contributed by atoms with Crippen LogP contribution in [0.25, 0.3) is 20.9 Å². The minimum Gasteiger partial charge on any atom is -0.463 e. The molecule has 6 aliphatic rings. The Morgan fingerprint density at radius 3 is 1.14 bits per heavy atom. The van der Waals surface area contributed by atoms with Gasteiger partial charge >= 0.3 is 17.9 Å². The molecule has 0 spiro atoms. The van der Waals surface area contributed by atoms with Gasteiger partial charge in [-0.15, -0.1) is 6.58 Å². The van der Waals surface area contributed by atoms with Crippen molar-refractivity contribution in [3.63, 3.8) is 0 Å². The Bertz CT molecular complexity index is 3230. The molecule has 28 nitrogen and oxygen atoms in total. The zero-order valence-electron chi connectivity index (χ0n) is 61.3. The number of aliphatic hydroxyl groups is 1. The quantitative estimate of drug-likeness (QED) is 0.0115. The van der Waals surface area contributed by atoms with Crippen molar-refractivity contribution in [1.82, 2.24) is 0 Å². The molecular weight excluding hydrogens is 1340 g/mol. The number of ether oxygens (including phenoxy) is 18. The average Bonchev–Trinajstić information content (AvgIpc) is 0.775. The van der Waals surface area contributed by atoms with E-state index in [-0.39, 0.29) is 51.5 Å². The van der Waals surface area contributed by atoms with Crippen LogP contribution in [0.5, 0.6) is 0 Å². The zero-order valence-corrected chi connectivity index (χ0v) is 61.3. The molecule has 0 radical (unpaired) electrons. The molecule has 12 unspecified atom stereocenters. The molecule has 0 aliphatic carbocycles. The second-order valence-electron chi connectivity index (χ2n) is 28.1. The van der Waals surface area contributed by atoms with E-state index in [1.807, 2.05) is 152 Å². The summed E-state index contributed by atoms with van der Waals surface area (Å²) in [6.45, 7) is 26.7. The number of hydrogen-bond acceptors (Lipinski definition) is 24. The van der Waals surface area contributed by atoms with Gasteiger partial charge in [0, 0.05) is 54.3 Å². The number of azide groups is 2. The van der Waals surface area contributed by atoms with Crippen LogP contribution in [0.1, 0.15) is 120 Å². The Morgan fingerprint density at radius 2 is 0.767 bits per heavy atom. The van der Waals surface area contributed by atoms with Crippen LogP contribution in [0.4, 0.5) is 0 Å². The molecule has 9 rings (SSSR count). The molecule has 6 saturated heterocycles. The monoisotopic (exact) mass is 1440 g/mol. The van der Waals surface area contributed by atoms with Crippen LogP contribution in [0.2, 0.25) is 0 Å². The lowest BCUT2D eigenvalue weighted by Gasteiger charge is -2.52. The molecule has 6 fully saturated rings. The van der Waals surface area contributed by atoms with E-state index in [0.29, 0.717) is 6.61 Å². The fraction of sp³-hybridized carbons (Fsp3) is 0.693. The van der Waals surface area contributed by atoms with Crippen molar-refractivity contribution < 1.29 is 105 Å². The van der Waals surface area contributed by atoms with Crippen molar-refractivity contribution in [2.75, 3.05) is 26.4 Å². The molecule has 0 saturated carbocycles. The Balaban J connectivity index is 0.956. The summed E-state index contributed by atoms with van der Waals surface area (Å²) in [5, 5.41) is 20.0. The van der Waals surface area contributed by atoms with Crippen molar-refractivity contribution >= 4 is 17.9 Å². The lowest BCUT2D eigenvalue weighted by Crippen LogP contribution is -2.64.